The quantitative estimate of drug-likeness (QED) is 0.784. The maximum Gasteiger partial charge on any atom is 0.286 e. The number of carbonyl (C=O) groups excluding carboxylic acids is 1. The second-order valence-corrected chi connectivity index (χ2v) is 6.34. The number of aromatic nitrogens is 2. The minimum absolute atomic E-state index is 0.199. The summed E-state index contributed by atoms with van der Waals surface area (Å²) in [6, 6.07) is 7.72. The molecule has 1 aromatic carbocycles. The lowest BCUT2D eigenvalue weighted by Crippen LogP contribution is -2.11. The Labute approximate surface area is 118 Å². The van der Waals surface area contributed by atoms with E-state index in [0.717, 1.165) is 20.8 Å². The maximum absolute atomic E-state index is 12.1. The monoisotopic (exact) mass is 289 g/mol. The molecule has 3 rings (SSSR count). The molecule has 0 saturated heterocycles. The molecule has 2 heterocycles. The topological polar surface area (TPSA) is 54.9 Å². The molecule has 0 radical (unpaired) electrons. The summed E-state index contributed by atoms with van der Waals surface area (Å²) in [6.07, 6.45) is 0. The molecule has 1 N–H and O–H groups in total. The minimum Gasteiger partial charge on any atom is -0.296 e. The zero-order valence-corrected chi connectivity index (χ0v) is 12.1. The first-order valence-electron chi connectivity index (χ1n) is 5.74. The number of rotatable bonds is 2. The summed E-state index contributed by atoms with van der Waals surface area (Å²) in [5, 5.41) is 3.89. The average molecular weight is 289 g/mol. The lowest BCUT2D eigenvalue weighted by atomic mass is 10.3. The average Bonchev–Trinajstić information content (AvgIpc) is 2.93. The van der Waals surface area contributed by atoms with E-state index in [2.05, 4.69) is 15.3 Å². The molecule has 0 spiro atoms. The van der Waals surface area contributed by atoms with Crippen LogP contribution in [0.1, 0.15) is 20.4 Å². The number of carbonyl (C=O) groups is 1. The van der Waals surface area contributed by atoms with Crippen molar-refractivity contribution in [2.24, 2.45) is 0 Å². The molecule has 0 aliphatic heterocycles. The number of nitrogens with zero attached hydrogens (tertiary/aromatic N) is 2. The van der Waals surface area contributed by atoms with E-state index in [9.17, 15) is 4.79 Å². The number of anilines is 1. The minimum atomic E-state index is -0.199. The van der Waals surface area contributed by atoms with Crippen molar-refractivity contribution in [1.29, 1.82) is 0 Å². The van der Waals surface area contributed by atoms with Crippen molar-refractivity contribution in [1.82, 2.24) is 9.97 Å². The van der Waals surface area contributed by atoms with E-state index in [0.29, 0.717) is 10.1 Å². The van der Waals surface area contributed by atoms with Crippen molar-refractivity contribution >= 4 is 43.9 Å². The van der Waals surface area contributed by atoms with E-state index >= 15 is 0 Å². The van der Waals surface area contributed by atoms with E-state index in [1.165, 1.54) is 22.7 Å². The Balaban J connectivity index is 1.87. The normalized spacial score (nSPS) is 10.8. The molecule has 0 atom stereocenters. The number of hydrogen-bond acceptors (Lipinski definition) is 5. The van der Waals surface area contributed by atoms with E-state index in [1.807, 2.05) is 38.1 Å². The molecule has 1 amide bonds. The van der Waals surface area contributed by atoms with Gasteiger partial charge >= 0.3 is 0 Å². The van der Waals surface area contributed by atoms with Gasteiger partial charge in [-0.05, 0) is 26.0 Å². The Kier molecular flexibility index (Phi) is 3.04. The number of thiazole rings is 2. The number of aryl methyl sites for hydroxylation is 2. The van der Waals surface area contributed by atoms with Crippen LogP contribution >= 0.6 is 22.7 Å². The van der Waals surface area contributed by atoms with Crippen LogP contribution in [0.25, 0.3) is 10.2 Å². The molecule has 6 heteroatoms. The van der Waals surface area contributed by atoms with Gasteiger partial charge in [0.05, 0.1) is 15.9 Å². The smallest absolute Gasteiger partial charge is 0.286 e. The van der Waals surface area contributed by atoms with Crippen molar-refractivity contribution in [3.63, 3.8) is 0 Å². The first-order valence-corrected chi connectivity index (χ1v) is 7.38. The molecule has 4 nitrogen and oxygen atoms in total. The fraction of sp³-hybridized carbons (Fsp3) is 0.154. The van der Waals surface area contributed by atoms with E-state index in [1.54, 1.807) is 0 Å². The second-order valence-electron chi connectivity index (χ2n) is 4.10. The summed E-state index contributed by atoms with van der Waals surface area (Å²) >= 11 is 2.87. The summed E-state index contributed by atoms with van der Waals surface area (Å²) < 4.78 is 1.01. The lowest BCUT2D eigenvalue weighted by molar-refractivity contribution is 0.102. The van der Waals surface area contributed by atoms with Gasteiger partial charge in [-0.25, -0.2) is 9.97 Å². The van der Waals surface area contributed by atoms with E-state index in [-0.39, 0.29) is 5.91 Å². The Morgan fingerprint density at radius 2 is 1.95 bits per heavy atom. The lowest BCUT2D eigenvalue weighted by Gasteiger charge is -1.96. The number of hydrogen-bond donors (Lipinski definition) is 1. The third kappa shape index (κ3) is 2.36. The van der Waals surface area contributed by atoms with Crippen LogP contribution in [0.4, 0.5) is 5.13 Å². The van der Waals surface area contributed by atoms with Gasteiger partial charge in [-0.15, -0.1) is 22.7 Å². The molecule has 96 valence electrons. The van der Waals surface area contributed by atoms with Gasteiger partial charge in [0.2, 0.25) is 0 Å². The molecule has 0 unspecified atom stereocenters. The molecular weight excluding hydrogens is 278 g/mol. The van der Waals surface area contributed by atoms with E-state index in [4.69, 9.17) is 0 Å². The standard InChI is InChI=1S/C13H11N3OS2/c1-7-8(2)18-13(14-7)16-11(17)12-15-9-5-3-4-6-10(9)19-12/h3-6H,1-2H3,(H,14,16,17). The van der Waals surface area contributed by atoms with Crippen LogP contribution in [-0.4, -0.2) is 15.9 Å². The van der Waals surface area contributed by atoms with Crippen molar-refractivity contribution < 1.29 is 4.79 Å². The summed E-state index contributed by atoms with van der Waals surface area (Å²) in [5.41, 5.74) is 1.80. The molecule has 3 aromatic rings. The van der Waals surface area contributed by atoms with Crippen LogP contribution in [0.15, 0.2) is 24.3 Å². The highest BCUT2D eigenvalue weighted by Gasteiger charge is 2.14. The predicted molar refractivity (Wildman–Crippen MR) is 79.2 cm³/mol. The zero-order valence-electron chi connectivity index (χ0n) is 10.4. The molecule has 0 aliphatic rings. The van der Waals surface area contributed by atoms with Gasteiger partial charge in [0.15, 0.2) is 10.1 Å². The number of para-hydroxylation sites is 1. The highest BCUT2D eigenvalue weighted by Crippen LogP contribution is 2.24. The van der Waals surface area contributed by atoms with Gasteiger partial charge in [0, 0.05) is 4.88 Å². The SMILES string of the molecule is Cc1nc(NC(=O)c2nc3ccccc3s2)sc1C. The number of benzene rings is 1. The Hall–Kier alpha value is -1.79. The van der Waals surface area contributed by atoms with Crippen LogP contribution in [0, 0.1) is 13.8 Å². The second kappa shape index (κ2) is 4.71. The van der Waals surface area contributed by atoms with Gasteiger partial charge in [0.25, 0.3) is 5.91 Å². The Morgan fingerprint density at radius 1 is 1.16 bits per heavy atom. The van der Waals surface area contributed by atoms with Gasteiger partial charge in [0.1, 0.15) is 0 Å². The van der Waals surface area contributed by atoms with Crippen molar-refractivity contribution in [2.75, 3.05) is 5.32 Å². The number of fused-ring (bicyclic) bond motifs is 1. The Bertz CT molecular complexity index is 708. The largest absolute Gasteiger partial charge is 0.296 e. The summed E-state index contributed by atoms with van der Waals surface area (Å²) in [6.45, 7) is 3.92. The van der Waals surface area contributed by atoms with Gasteiger partial charge in [-0.3, -0.25) is 10.1 Å². The van der Waals surface area contributed by atoms with E-state index < -0.39 is 0 Å². The third-order valence-electron chi connectivity index (χ3n) is 2.74. The maximum atomic E-state index is 12.1. The third-order valence-corrected chi connectivity index (χ3v) is 4.76. The van der Waals surface area contributed by atoms with Crippen LogP contribution in [0.2, 0.25) is 0 Å². The molecule has 0 fully saturated rings. The molecule has 0 aliphatic carbocycles. The molecule has 2 aromatic heterocycles. The summed E-state index contributed by atoms with van der Waals surface area (Å²) in [5.74, 6) is -0.199. The molecule has 0 saturated carbocycles. The fourth-order valence-electron chi connectivity index (χ4n) is 1.65. The van der Waals surface area contributed by atoms with Crippen LogP contribution in [0.3, 0.4) is 0 Å². The number of nitrogens with one attached hydrogen (secondary N) is 1. The van der Waals surface area contributed by atoms with Crippen molar-refractivity contribution in [3.05, 3.63) is 39.8 Å². The van der Waals surface area contributed by atoms with Crippen LogP contribution in [-0.2, 0) is 0 Å². The fourth-order valence-corrected chi connectivity index (χ4v) is 3.32. The van der Waals surface area contributed by atoms with Crippen LogP contribution in [0.5, 0.6) is 0 Å². The molecule has 0 bridgehead atoms. The Morgan fingerprint density at radius 3 is 2.63 bits per heavy atom. The highest BCUT2D eigenvalue weighted by molar-refractivity contribution is 7.20. The predicted octanol–water partition coefficient (Wildman–Crippen LogP) is 3.62. The van der Waals surface area contributed by atoms with Crippen molar-refractivity contribution in [3.8, 4) is 0 Å². The number of amides is 1. The first-order chi connectivity index (χ1) is 9.13. The van der Waals surface area contributed by atoms with Gasteiger partial charge in [-0.2, -0.15) is 0 Å². The molecule has 19 heavy (non-hydrogen) atoms. The van der Waals surface area contributed by atoms with Crippen LogP contribution < -0.4 is 5.32 Å². The first kappa shape index (κ1) is 12.3. The summed E-state index contributed by atoms with van der Waals surface area (Å²) in [7, 11) is 0. The highest BCUT2D eigenvalue weighted by atomic mass is 32.1. The van der Waals surface area contributed by atoms with Gasteiger partial charge in [-0.1, -0.05) is 12.1 Å². The van der Waals surface area contributed by atoms with Gasteiger partial charge < -0.3 is 0 Å². The summed E-state index contributed by atoms with van der Waals surface area (Å²) in [4.78, 5) is 21.8. The molecular formula is C13H11N3OS2. The van der Waals surface area contributed by atoms with Crippen molar-refractivity contribution in [2.45, 2.75) is 13.8 Å². The zero-order chi connectivity index (χ0) is 13.4.